The zero-order chi connectivity index (χ0) is 24.3. The molecule has 1 amide bonds. The smallest absolute Gasteiger partial charge is 0.301 e. The molecular formula is C24H24ClN5O3S. The fourth-order valence-electron chi connectivity index (χ4n) is 3.53. The van der Waals surface area contributed by atoms with Gasteiger partial charge in [0, 0.05) is 11.6 Å². The molecule has 0 fully saturated rings. The molecule has 0 unspecified atom stereocenters. The molecule has 8 nitrogen and oxygen atoms in total. The van der Waals surface area contributed by atoms with Crippen LogP contribution in [0.2, 0.25) is 5.02 Å². The summed E-state index contributed by atoms with van der Waals surface area (Å²) in [6.45, 7) is 4.28. The second kappa shape index (κ2) is 9.92. The standard InChI is InChI=1S/C24H24ClN5O3S/c1-3-13-26-34(32,33)29-24(31)22-12-11-21-23(28-22)30(16(2)27-21)15-19-10-9-18(14-20(19)25)17-7-5-4-6-8-17/h4-12,14,26H,3,13,15H2,1-2H3,(H,29,31). The lowest BCUT2D eigenvalue weighted by molar-refractivity contribution is 0.0976. The van der Waals surface area contributed by atoms with Crippen LogP contribution in [0.4, 0.5) is 0 Å². The number of hydrogen-bond acceptors (Lipinski definition) is 5. The first-order chi connectivity index (χ1) is 16.3. The van der Waals surface area contributed by atoms with E-state index < -0.39 is 16.1 Å². The molecule has 0 atom stereocenters. The summed E-state index contributed by atoms with van der Waals surface area (Å²) in [7, 11) is -3.96. The number of benzene rings is 2. The van der Waals surface area contributed by atoms with Crippen molar-refractivity contribution in [3.8, 4) is 11.1 Å². The molecule has 0 bridgehead atoms. The lowest BCUT2D eigenvalue weighted by Gasteiger charge is -2.11. The number of carbonyl (C=O) groups is 1. The fourth-order valence-corrected chi connectivity index (χ4v) is 4.67. The molecule has 176 valence electrons. The summed E-state index contributed by atoms with van der Waals surface area (Å²) in [4.78, 5) is 21.4. The minimum atomic E-state index is -3.96. The maximum Gasteiger partial charge on any atom is 0.301 e. The normalized spacial score (nSPS) is 11.6. The van der Waals surface area contributed by atoms with Crippen LogP contribution < -0.4 is 9.44 Å². The molecule has 0 aliphatic rings. The topological polar surface area (TPSA) is 106 Å². The van der Waals surface area contributed by atoms with Crippen molar-refractivity contribution in [1.29, 1.82) is 0 Å². The van der Waals surface area contributed by atoms with E-state index in [1.165, 1.54) is 6.07 Å². The molecule has 4 aromatic rings. The highest BCUT2D eigenvalue weighted by Crippen LogP contribution is 2.27. The van der Waals surface area contributed by atoms with Crippen LogP contribution in [-0.4, -0.2) is 35.4 Å². The van der Waals surface area contributed by atoms with Crippen LogP contribution >= 0.6 is 11.6 Å². The molecule has 4 rings (SSSR count). The molecule has 34 heavy (non-hydrogen) atoms. The third-order valence-electron chi connectivity index (χ3n) is 5.27. The van der Waals surface area contributed by atoms with Gasteiger partial charge in [0.05, 0.1) is 6.54 Å². The molecular weight excluding hydrogens is 474 g/mol. The van der Waals surface area contributed by atoms with Gasteiger partial charge in [0.15, 0.2) is 5.65 Å². The van der Waals surface area contributed by atoms with Gasteiger partial charge >= 0.3 is 10.2 Å². The average molecular weight is 498 g/mol. The monoisotopic (exact) mass is 497 g/mol. The van der Waals surface area contributed by atoms with Crippen molar-refractivity contribution >= 4 is 38.9 Å². The van der Waals surface area contributed by atoms with Gasteiger partial charge in [-0.05, 0) is 48.2 Å². The summed E-state index contributed by atoms with van der Waals surface area (Å²) in [6, 6.07) is 18.9. The first kappa shape index (κ1) is 23.9. The number of hydrogen-bond donors (Lipinski definition) is 2. The van der Waals surface area contributed by atoms with E-state index in [9.17, 15) is 13.2 Å². The number of fused-ring (bicyclic) bond motifs is 1. The largest absolute Gasteiger partial charge is 0.308 e. The van der Waals surface area contributed by atoms with Crippen molar-refractivity contribution < 1.29 is 13.2 Å². The quantitative estimate of drug-likeness (QED) is 0.381. The van der Waals surface area contributed by atoms with Crippen LogP contribution in [0, 0.1) is 6.92 Å². The number of nitrogens with one attached hydrogen (secondary N) is 2. The van der Waals surface area contributed by atoms with Crippen molar-refractivity contribution in [1.82, 2.24) is 24.0 Å². The van der Waals surface area contributed by atoms with Gasteiger partial charge in [-0.3, -0.25) is 4.79 Å². The second-order valence-corrected chi connectivity index (χ2v) is 9.69. The van der Waals surface area contributed by atoms with Crippen LogP contribution in [0.3, 0.4) is 0 Å². The Hall–Kier alpha value is -3.27. The van der Waals surface area contributed by atoms with Crippen molar-refractivity contribution in [3.63, 3.8) is 0 Å². The number of imidazole rings is 1. The first-order valence-corrected chi connectivity index (χ1v) is 12.6. The van der Waals surface area contributed by atoms with Gasteiger partial charge in [-0.2, -0.15) is 13.1 Å². The summed E-state index contributed by atoms with van der Waals surface area (Å²) in [5.41, 5.74) is 3.98. The molecule has 2 aromatic heterocycles. The summed E-state index contributed by atoms with van der Waals surface area (Å²) in [6.07, 6.45) is 0.604. The van der Waals surface area contributed by atoms with Gasteiger partial charge in [-0.15, -0.1) is 0 Å². The number of aryl methyl sites for hydroxylation is 1. The fraction of sp³-hybridized carbons (Fsp3) is 0.208. The third-order valence-corrected chi connectivity index (χ3v) is 6.66. The zero-order valence-corrected chi connectivity index (χ0v) is 20.3. The summed E-state index contributed by atoms with van der Waals surface area (Å²) < 4.78 is 30.2. The molecule has 2 aromatic carbocycles. The Morgan fingerprint density at radius 2 is 1.79 bits per heavy atom. The van der Waals surface area contributed by atoms with Gasteiger partial charge in [0.1, 0.15) is 17.0 Å². The number of nitrogens with zero attached hydrogens (tertiary/aromatic N) is 3. The minimum absolute atomic E-state index is 0.0268. The highest BCUT2D eigenvalue weighted by atomic mass is 35.5. The molecule has 0 saturated carbocycles. The van der Waals surface area contributed by atoms with Gasteiger partial charge < -0.3 is 4.57 Å². The number of rotatable bonds is 8. The van der Waals surface area contributed by atoms with Crippen LogP contribution in [0.1, 0.15) is 35.2 Å². The third kappa shape index (κ3) is 5.27. The average Bonchev–Trinajstić information content (AvgIpc) is 3.13. The zero-order valence-electron chi connectivity index (χ0n) is 18.7. The predicted octanol–water partition coefficient (Wildman–Crippen LogP) is 4.08. The van der Waals surface area contributed by atoms with E-state index >= 15 is 0 Å². The van der Waals surface area contributed by atoms with Gasteiger partial charge in [0.2, 0.25) is 0 Å². The lowest BCUT2D eigenvalue weighted by Crippen LogP contribution is -2.40. The Balaban J connectivity index is 1.62. The Kier molecular flexibility index (Phi) is 6.97. The molecule has 10 heteroatoms. The number of amides is 1. The molecule has 2 N–H and O–H groups in total. The first-order valence-electron chi connectivity index (χ1n) is 10.8. The number of carbonyl (C=O) groups excluding carboxylic acids is 1. The minimum Gasteiger partial charge on any atom is -0.308 e. The van der Waals surface area contributed by atoms with Crippen molar-refractivity contribution in [2.75, 3.05) is 6.54 Å². The highest BCUT2D eigenvalue weighted by molar-refractivity contribution is 7.88. The van der Waals surface area contributed by atoms with E-state index in [1.807, 2.05) is 71.7 Å². The Labute approximate surface area is 203 Å². The molecule has 0 saturated heterocycles. The molecule has 0 radical (unpaired) electrons. The number of halogens is 1. The van der Waals surface area contributed by atoms with Crippen LogP contribution in [0.15, 0.2) is 60.7 Å². The number of aromatic nitrogens is 3. The Morgan fingerprint density at radius 3 is 2.50 bits per heavy atom. The van der Waals surface area contributed by atoms with Gasteiger partial charge in [-0.1, -0.05) is 61.0 Å². The maximum atomic E-state index is 12.5. The van der Waals surface area contributed by atoms with Crippen LogP contribution in [0.25, 0.3) is 22.3 Å². The highest BCUT2D eigenvalue weighted by Gasteiger charge is 2.19. The van der Waals surface area contributed by atoms with E-state index in [0.717, 1.165) is 16.7 Å². The lowest BCUT2D eigenvalue weighted by atomic mass is 10.0. The molecule has 2 heterocycles. The Morgan fingerprint density at radius 1 is 1.03 bits per heavy atom. The van der Waals surface area contributed by atoms with E-state index in [1.54, 1.807) is 6.07 Å². The van der Waals surface area contributed by atoms with Crippen LogP contribution in [0.5, 0.6) is 0 Å². The van der Waals surface area contributed by atoms with Crippen molar-refractivity contribution in [2.45, 2.75) is 26.8 Å². The summed E-state index contributed by atoms with van der Waals surface area (Å²) in [5, 5.41) is 0.601. The predicted molar refractivity (Wildman–Crippen MR) is 133 cm³/mol. The van der Waals surface area contributed by atoms with Gasteiger partial charge in [-0.25, -0.2) is 14.7 Å². The second-order valence-electron chi connectivity index (χ2n) is 7.79. The summed E-state index contributed by atoms with van der Waals surface area (Å²) in [5.74, 6) is -0.123. The van der Waals surface area contributed by atoms with Crippen LogP contribution in [-0.2, 0) is 16.8 Å². The van der Waals surface area contributed by atoms with E-state index in [4.69, 9.17) is 11.6 Å². The van der Waals surface area contributed by atoms with E-state index in [2.05, 4.69) is 14.7 Å². The van der Waals surface area contributed by atoms with Crippen molar-refractivity contribution in [2.24, 2.45) is 0 Å². The summed E-state index contributed by atoms with van der Waals surface area (Å²) >= 11 is 6.60. The molecule has 0 aliphatic carbocycles. The van der Waals surface area contributed by atoms with Crippen molar-refractivity contribution in [3.05, 3.63) is 82.8 Å². The van der Waals surface area contributed by atoms with E-state index in [0.29, 0.717) is 35.0 Å². The maximum absolute atomic E-state index is 12.5. The molecule has 0 spiro atoms. The Bertz CT molecular complexity index is 1450. The number of pyridine rings is 1. The SMILES string of the molecule is CCCNS(=O)(=O)NC(=O)c1ccc2nc(C)n(Cc3ccc(-c4ccccc4)cc3Cl)c2n1. The van der Waals surface area contributed by atoms with Gasteiger partial charge in [0.25, 0.3) is 5.91 Å². The molecule has 0 aliphatic heterocycles. The van der Waals surface area contributed by atoms with E-state index in [-0.39, 0.29) is 12.2 Å².